The molecule has 0 aliphatic rings. The topological polar surface area (TPSA) is 75.2 Å². The molecule has 3 rings (SSSR count). The van der Waals surface area contributed by atoms with E-state index < -0.39 is 5.97 Å². The van der Waals surface area contributed by atoms with E-state index in [1.54, 1.807) is 28.8 Å². The third kappa shape index (κ3) is 3.48. The molecule has 0 aliphatic heterocycles. The molecule has 3 aromatic rings. The molecule has 0 amide bonds. The number of nitriles is 1. The highest BCUT2D eigenvalue weighted by molar-refractivity contribution is 5.95. The molecule has 5 nitrogen and oxygen atoms in total. The first-order chi connectivity index (χ1) is 12.0. The van der Waals surface area contributed by atoms with E-state index in [1.165, 1.54) is 0 Å². The first-order valence-corrected chi connectivity index (χ1v) is 8.00. The number of carboxylic acids is 1. The summed E-state index contributed by atoms with van der Waals surface area (Å²) < 4.78 is 7.45. The molecule has 5 heteroatoms. The van der Waals surface area contributed by atoms with E-state index >= 15 is 0 Å². The van der Waals surface area contributed by atoms with Gasteiger partial charge in [0.15, 0.2) is 0 Å². The summed E-state index contributed by atoms with van der Waals surface area (Å²) in [6.45, 7) is 4.33. The predicted molar refractivity (Wildman–Crippen MR) is 94.9 cm³/mol. The van der Waals surface area contributed by atoms with Gasteiger partial charge in [-0.25, -0.2) is 4.79 Å². The molecule has 0 radical (unpaired) electrons. The molecule has 2 aromatic carbocycles. The lowest BCUT2D eigenvalue weighted by Gasteiger charge is -2.12. The van der Waals surface area contributed by atoms with Crippen molar-refractivity contribution in [2.75, 3.05) is 0 Å². The molecule has 0 fully saturated rings. The number of benzene rings is 2. The number of ether oxygens (including phenoxy) is 1. The Balaban J connectivity index is 2.04. The predicted octanol–water partition coefficient (Wildman–Crippen LogP) is 4.05. The molecule has 1 heterocycles. The third-order valence-corrected chi connectivity index (χ3v) is 3.86. The van der Waals surface area contributed by atoms with Crippen LogP contribution in [-0.4, -0.2) is 21.7 Å². The molecule has 1 N–H and O–H groups in total. The number of carbonyl (C=O) groups is 1. The van der Waals surface area contributed by atoms with Crippen LogP contribution >= 0.6 is 0 Å². The zero-order chi connectivity index (χ0) is 18.0. The molecule has 0 unspecified atom stereocenters. The molecule has 126 valence electrons. The monoisotopic (exact) mass is 334 g/mol. The maximum atomic E-state index is 11.6. The van der Waals surface area contributed by atoms with Crippen LogP contribution in [-0.2, 0) is 6.54 Å². The van der Waals surface area contributed by atoms with Crippen LogP contribution in [0.3, 0.4) is 0 Å². The van der Waals surface area contributed by atoms with Crippen molar-refractivity contribution in [3.63, 3.8) is 0 Å². The number of aromatic nitrogens is 1. The van der Waals surface area contributed by atoms with Crippen LogP contribution in [0.5, 0.6) is 5.75 Å². The van der Waals surface area contributed by atoms with E-state index in [9.17, 15) is 9.90 Å². The van der Waals surface area contributed by atoms with Gasteiger partial charge in [-0.2, -0.15) is 5.26 Å². The first-order valence-electron chi connectivity index (χ1n) is 8.00. The second-order valence-corrected chi connectivity index (χ2v) is 6.12. The van der Waals surface area contributed by atoms with Gasteiger partial charge in [0.25, 0.3) is 0 Å². The Morgan fingerprint density at radius 2 is 2.04 bits per heavy atom. The van der Waals surface area contributed by atoms with Crippen LogP contribution in [0.25, 0.3) is 10.9 Å². The Morgan fingerprint density at radius 1 is 1.24 bits per heavy atom. The summed E-state index contributed by atoms with van der Waals surface area (Å²) in [7, 11) is 0. The Morgan fingerprint density at radius 3 is 2.72 bits per heavy atom. The number of rotatable bonds is 5. The zero-order valence-corrected chi connectivity index (χ0v) is 14.1. The van der Waals surface area contributed by atoms with E-state index in [2.05, 4.69) is 6.07 Å². The lowest BCUT2D eigenvalue weighted by Crippen LogP contribution is -2.10. The van der Waals surface area contributed by atoms with Gasteiger partial charge in [0, 0.05) is 17.4 Å². The van der Waals surface area contributed by atoms with Crippen molar-refractivity contribution in [2.24, 2.45) is 0 Å². The van der Waals surface area contributed by atoms with Crippen LogP contribution in [0, 0.1) is 11.3 Å². The number of aromatic carboxylic acids is 1. The fourth-order valence-electron chi connectivity index (χ4n) is 2.86. The van der Waals surface area contributed by atoms with Gasteiger partial charge >= 0.3 is 5.97 Å². The van der Waals surface area contributed by atoms with Gasteiger partial charge in [-0.05, 0) is 55.8 Å². The van der Waals surface area contributed by atoms with Crippen molar-refractivity contribution in [1.29, 1.82) is 5.26 Å². The highest BCUT2D eigenvalue weighted by Crippen LogP contribution is 2.24. The zero-order valence-electron chi connectivity index (χ0n) is 14.1. The number of nitrogens with zero attached hydrogens (tertiary/aromatic N) is 2. The third-order valence-electron chi connectivity index (χ3n) is 3.86. The maximum Gasteiger partial charge on any atom is 0.352 e. The molecule has 1 aromatic heterocycles. The van der Waals surface area contributed by atoms with Crippen LogP contribution in [0.2, 0.25) is 0 Å². The maximum absolute atomic E-state index is 11.6. The average molecular weight is 334 g/mol. The van der Waals surface area contributed by atoms with Crippen molar-refractivity contribution in [3.05, 3.63) is 65.4 Å². The largest absolute Gasteiger partial charge is 0.491 e. The lowest BCUT2D eigenvalue weighted by molar-refractivity contribution is 0.0686. The van der Waals surface area contributed by atoms with Gasteiger partial charge in [-0.3, -0.25) is 0 Å². The number of hydrogen-bond donors (Lipinski definition) is 1. The second-order valence-electron chi connectivity index (χ2n) is 6.12. The molecule has 0 bridgehead atoms. The van der Waals surface area contributed by atoms with Gasteiger partial charge in [-0.1, -0.05) is 12.1 Å². The minimum absolute atomic E-state index is 0.0710. The van der Waals surface area contributed by atoms with E-state index in [0.717, 1.165) is 22.2 Å². The minimum atomic E-state index is -0.996. The van der Waals surface area contributed by atoms with Crippen molar-refractivity contribution >= 4 is 16.9 Å². The summed E-state index contributed by atoms with van der Waals surface area (Å²) in [6.07, 6.45) is 0.0710. The second kappa shape index (κ2) is 6.70. The SMILES string of the molecule is CC(C)Oc1cccc(Cn2c(C(=O)O)cc3cc(C#N)ccc32)c1. The summed E-state index contributed by atoms with van der Waals surface area (Å²) in [5.74, 6) is -0.239. The summed E-state index contributed by atoms with van der Waals surface area (Å²) in [5, 5.41) is 19.3. The fraction of sp³-hybridized carbons (Fsp3) is 0.200. The first kappa shape index (κ1) is 16.6. The van der Waals surface area contributed by atoms with Gasteiger partial charge in [0.2, 0.25) is 0 Å². The van der Waals surface area contributed by atoms with E-state index in [0.29, 0.717) is 12.1 Å². The number of fused-ring (bicyclic) bond motifs is 1. The fourth-order valence-corrected chi connectivity index (χ4v) is 2.86. The quantitative estimate of drug-likeness (QED) is 0.764. The van der Waals surface area contributed by atoms with E-state index in [4.69, 9.17) is 10.00 Å². The van der Waals surface area contributed by atoms with Crippen molar-refractivity contribution < 1.29 is 14.6 Å². The van der Waals surface area contributed by atoms with Crippen molar-refractivity contribution in [3.8, 4) is 11.8 Å². The smallest absolute Gasteiger partial charge is 0.352 e. The Kier molecular flexibility index (Phi) is 4.44. The van der Waals surface area contributed by atoms with Crippen molar-refractivity contribution in [2.45, 2.75) is 26.5 Å². The van der Waals surface area contributed by atoms with Crippen LogP contribution in [0.1, 0.15) is 35.5 Å². The standard InChI is InChI=1S/C20H18N2O3/c1-13(2)25-17-5-3-4-15(9-17)12-22-18-7-6-14(11-21)8-16(18)10-19(22)20(23)24/h3-10,13H,12H2,1-2H3,(H,23,24). The van der Waals surface area contributed by atoms with Gasteiger partial charge in [0.05, 0.1) is 17.7 Å². The normalized spacial score (nSPS) is 10.8. The summed E-state index contributed by atoms with van der Waals surface area (Å²) in [5.41, 5.74) is 2.43. The highest BCUT2D eigenvalue weighted by atomic mass is 16.5. The molecular weight excluding hydrogens is 316 g/mol. The van der Waals surface area contributed by atoms with Crippen LogP contribution in [0.4, 0.5) is 0 Å². The molecule has 0 saturated carbocycles. The molecule has 0 aliphatic carbocycles. The Labute approximate surface area is 145 Å². The highest BCUT2D eigenvalue weighted by Gasteiger charge is 2.15. The van der Waals surface area contributed by atoms with Gasteiger partial charge in [-0.15, -0.1) is 0 Å². The summed E-state index contributed by atoms with van der Waals surface area (Å²) >= 11 is 0. The molecule has 25 heavy (non-hydrogen) atoms. The molecular formula is C20H18N2O3. The number of hydrogen-bond acceptors (Lipinski definition) is 3. The van der Waals surface area contributed by atoms with Crippen LogP contribution in [0.15, 0.2) is 48.5 Å². The molecule has 0 saturated heterocycles. The number of carboxylic acid groups (broad SMARTS) is 1. The lowest BCUT2D eigenvalue weighted by atomic mass is 10.1. The minimum Gasteiger partial charge on any atom is -0.491 e. The van der Waals surface area contributed by atoms with Crippen LogP contribution < -0.4 is 4.74 Å². The Hall–Kier alpha value is -3.26. The van der Waals surface area contributed by atoms with Gasteiger partial charge < -0.3 is 14.4 Å². The van der Waals surface area contributed by atoms with Gasteiger partial charge in [0.1, 0.15) is 11.4 Å². The van der Waals surface area contributed by atoms with E-state index in [-0.39, 0.29) is 11.8 Å². The summed E-state index contributed by atoms with van der Waals surface area (Å²) in [6, 6.07) is 16.5. The average Bonchev–Trinajstić information content (AvgIpc) is 2.92. The molecule has 0 atom stereocenters. The van der Waals surface area contributed by atoms with Crippen molar-refractivity contribution in [1.82, 2.24) is 4.57 Å². The molecule has 0 spiro atoms. The van der Waals surface area contributed by atoms with E-state index in [1.807, 2.05) is 38.1 Å². The Bertz CT molecular complexity index is 980. The summed E-state index contributed by atoms with van der Waals surface area (Å²) in [4.78, 5) is 11.6.